The van der Waals surface area contributed by atoms with E-state index in [-0.39, 0.29) is 11.7 Å². The summed E-state index contributed by atoms with van der Waals surface area (Å²) in [5, 5.41) is 3.20. The summed E-state index contributed by atoms with van der Waals surface area (Å²) >= 11 is 0. The minimum absolute atomic E-state index is 0.0409. The fraction of sp³-hybridized carbons (Fsp3) is 0.467. The SMILES string of the molecule is CC1Oc2ccc(C(=O)CNC3CC3)cc2N(C)C1=O. The lowest BCUT2D eigenvalue weighted by atomic mass is 10.1. The number of rotatable bonds is 4. The second kappa shape index (κ2) is 4.90. The van der Waals surface area contributed by atoms with Crippen molar-refractivity contribution in [2.45, 2.75) is 31.9 Å². The van der Waals surface area contributed by atoms with Crippen LogP contribution in [0, 0.1) is 0 Å². The van der Waals surface area contributed by atoms with Gasteiger partial charge in [0.15, 0.2) is 11.9 Å². The van der Waals surface area contributed by atoms with Crippen LogP contribution in [-0.4, -0.2) is 37.4 Å². The van der Waals surface area contributed by atoms with Gasteiger partial charge in [0.2, 0.25) is 0 Å². The maximum absolute atomic E-state index is 12.1. The van der Waals surface area contributed by atoms with Crippen LogP contribution in [0.25, 0.3) is 0 Å². The molecule has 1 unspecified atom stereocenters. The Morgan fingerprint density at radius 3 is 2.90 bits per heavy atom. The zero-order valence-corrected chi connectivity index (χ0v) is 11.7. The summed E-state index contributed by atoms with van der Waals surface area (Å²) in [5.74, 6) is 0.587. The number of ketones is 1. The van der Waals surface area contributed by atoms with Crippen LogP contribution in [-0.2, 0) is 4.79 Å². The maximum atomic E-state index is 12.1. The van der Waals surface area contributed by atoms with Crippen molar-refractivity contribution in [1.82, 2.24) is 5.32 Å². The summed E-state index contributed by atoms with van der Waals surface area (Å²) in [6, 6.07) is 5.76. The first-order valence-electron chi connectivity index (χ1n) is 6.91. The molecule has 0 bridgehead atoms. The largest absolute Gasteiger partial charge is 0.479 e. The first kappa shape index (κ1) is 13.1. The number of anilines is 1. The van der Waals surface area contributed by atoms with Gasteiger partial charge in [-0.1, -0.05) is 0 Å². The quantitative estimate of drug-likeness (QED) is 0.842. The number of carbonyl (C=O) groups is 2. The van der Waals surface area contributed by atoms with Crippen LogP contribution >= 0.6 is 0 Å². The highest BCUT2D eigenvalue weighted by atomic mass is 16.5. The van der Waals surface area contributed by atoms with Crippen LogP contribution in [0.4, 0.5) is 5.69 Å². The van der Waals surface area contributed by atoms with E-state index in [0.717, 1.165) is 12.8 Å². The monoisotopic (exact) mass is 274 g/mol. The second-order valence-electron chi connectivity index (χ2n) is 5.42. The number of hydrogen-bond acceptors (Lipinski definition) is 4. The smallest absolute Gasteiger partial charge is 0.267 e. The number of fused-ring (bicyclic) bond motifs is 1. The van der Waals surface area contributed by atoms with Gasteiger partial charge in [-0.2, -0.15) is 0 Å². The summed E-state index contributed by atoms with van der Waals surface area (Å²) in [4.78, 5) is 25.6. The molecule has 1 heterocycles. The van der Waals surface area contributed by atoms with Gasteiger partial charge in [-0.05, 0) is 38.0 Å². The van der Waals surface area contributed by atoms with E-state index in [0.29, 0.717) is 29.6 Å². The number of Topliss-reactive ketones (excluding diaryl/α,β-unsaturated/α-hetero) is 1. The summed E-state index contributed by atoms with van der Waals surface area (Å²) in [7, 11) is 1.71. The molecule has 0 aromatic heterocycles. The summed E-state index contributed by atoms with van der Waals surface area (Å²) in [5.41, 5.74) is 1.26. The van der Waals surface area contributed by atoms with Crippen LogP contribution in [0.5, 0.6) is 5.75 Å². The van der Waals surface area contributed by atoms with E-state index < -0.39 is 6.10 Å². The van der Waals surface area contributed by atoms with Crippen molar-refractivity contribution in [1.29, 1.82) is 0 Å². The van der Waals surface area contributed by atoms with Crippen molar-refractivity contribution in [2.24, 2.45) is 0 Å². The molecule has 106 valence electrons. The minimum atomic E-state index is -0.481. The van der Waals surface area contributed by atoms with Gasteiger partial charge < -0.3 is 15.0 Å². The predicted molar refractivity (Wildman–Crippen MR) is 75.3 cm³/mol. The number of ether oxygens (including phenoxy) is 1. The van der Waals surface area contributed by atoms with Crippen LogP contribution in [0.3, 0.4) is 0 Å². The molecule has 1 N–H and O–H groups in total. The predicted octanol–water partition coefficient (Wildman–Crippen LogP) is 1.36. The third-order valence-electron chi connectivity index (χ3n) is 3.75. The molecule has 1 aromatic carbocycles. The van der Waals surface area contributed by atoms with Gasteiger partial charge in [-0.3, -0.25) is 9.59 Å². The molecular weight excluding hydrogens is 256 g/mol. The summed E-state index contributed by atoms with van der Waals surface area (Å²) in [6.07, 6.45) is 1.83. The van der Waals surface area contributed by atoms with Crippen LogP contribution in [0.1, 0.15) is 30.1 Å². The Bertz CT molecular complexity index is 566. The van der Waals surface area contributed by atoms with E-state index in [1.165, 1.54) is 0 Å². The topological polar surface area (TPSA) is 58.6 Å². The second-order valence-corrected chi connectivity index (χ2v) is 5.42. The average molecular weight is 274 g/mol. The van der Waals surface area contributed by atoms with E-state index in [1.807, 2.05) is 0 Å². The van der Waals surface area contributed by atoms with Gasteiger partial charge in [0.05, 0.1) is 12.2 Å². The molecular formula is C15H18N2O3. The number of carbonyl (C=O) groups excluding carboxylic acids is 2. The molecule has 1 saturated carbocycles. The van der Waals surface area contributed by atoms with Crippen LogP contribution in [0.15, 0.2) is 18.2 Å². The molecule has 1 fully saturated rings. The van der Waals surface area contributed by atoms with Crippen molar-refractivity contribution in [3.8, 4) is 5.75 Å². The van der Waals surface area contributed by atoms with E-state index in [4.69, 9.17) is 4.74 Å². The van der Waals surface area contributed by atoms with Gasteiger partial charge in [-0.25, -0.2) is 0 Å². The molecule has 1 aromatic rings. The molecule has 1 atom stereocenters. The molecule has 1 amide bonds. The minimum Gasteiger partial charge on any atom is -0.479 e. The van der Waals surface area contributed by atoms with Gasteiger partial charge >= 0.3 is 0 Å². The van der Waals surface area contributed by atoms with Crippen molar-refractivity contribution in [2.75, 3.05) is 18.5 Å². The Morgan fingerprint density at radius 1 is 1.45 bits per heavy atom. The molecule has 0 radical (unpaired) electrons. The number of amides is 1. The number of likely N-dealkylation sites (N-methyl/N-ethyl adjacent to an activating group) is 1. The van der Waals surface area contributed by atoms with Crippen molar-refractivity contribution in [3.05, 3.63) is 23.8 Å². The zero-order valence-electron chi connectivity index (χ0n) is 11.7. The lowest BCUT2D eigenvalue weighted by Gasteiger charge is -2.30. The molecule has 3 rings (SSSR count). The summed E-state index contributed by atoms with van der Waals surface area (Å²) in [6.45, 7) is 2.07. The Hall–Kier alpha value is -1.88. The fourth-order valence-electron chi connectivity index (χ4n) is 2.31. The number of hydrogen-bond donors (Lipinski definition) is 1. The third kappa shape index (κ3) is 2.41. The average Bonchev–Trinajstić information content (AvgIpc) is 3.26. The maximum Gasteiger partial charge on any atom is 0.267 e. The van der Waals surface area contributed by atoms with Gasteiger partial charge in [0.1, 0.15) is 5.75 Å². The number of nitrogens with one attached hydrogen (secondary N) is 1. The van der Waals surface area contributed by atoms with Gasteiger partial charge in [-0.15, -0.1) is 0 Å². The fourth-order valence-corrected chi connectivity index (χ4v) is 2.31. The Kier molecular flexibility index (Phi) is 3.22. The number of nitrogens with zero attached hydrogens (tertiary/aromatic N) is 1. The van der Waals surface area contributed by atoms with E-state index >= 15 is 0 Å². The van der Waals surface area contributed by atoms with Crippen molar-refractivity contribution in [3.63, 3.8) is 0 Å². The number of benzene rings is 1. The highest BCUT2D eigenvalue weighted by molar-refractivity contribution is 6.03. The molecule has 0 spiro atoms. The molecule has 1 aliphatic heterocycles. The standard InChI is InChI=1S/C15H18N2O3/c1-9-15(19)17(2)12-7-10(3-6-14(12)20-9)13(18)8-16-11-4-5-11/h3,6-7,9,11,16H,4-5,8H2,1-2H3. The normalized spacial score (nSPS) is 21.4. The van der Waals surface area contributed by atoms with Gasteiger partial charge in [0.25, 0.3) is 5.91 Å². The Balaban J connectivity index is 1.80. The van der Waals surface area contributed by atoms with Crippen LogP contribution < -0.4 is 15.0 Å². The molecule has 5 nitrogen and oxygen atoms in total. The first-order chi connectivity index (χ1) is 9.56. The molecule has 20 heavy (non-hydrogen) atoms. The van der Waals surface area contributed by atoms with E-state index in [2.05, 4.69) is 5.32 Å². The highest BCUT2D eigenvalue weighted by Crippen LogP contribution is 2.34. The molecule has 2 aliphatic rings. The Labute approximate surface area is 117 Å². The van der Waals surface area contributed by atoms with Crippen molar-refractivity contribution >= 4 is 17.4 Å². The van der Waals surface area contributed by atoms with E-state index in [9.17, 15) is 9.59 Å². The molecule has 1 aliphatic carbocycles. The van der Waals surface area contributed by atoms with Crippen molar-refractivity contribution < 1.29 is 14.3 Å². The molecule has 5 heteroatoms. The Morgan fingerprint density at radius 2 is 2.20 bits per heavy atom. The lowest BCUT2D eigenvalue weighted by molar-refractivity contribution is -0.125. The lowest BCUT2D eigenvalue weighted by Crippen LogP contribution is -2.42. The highest BCUT2D eigenvalue weighted by Gasteiger charge is 2.29. The summed E-state index contributed by atoms with van der Waals surface area (Å²) < 4.78 is 5.54. The van der Waals surface area contributed by atoms with Gasteiger partial charge in [0, 0.05) is 18.7 Å². The van der Waals surface area contributed by atoms with E-state index in [1.54, 1.807) is 37.1 Å². The third-order valence-corrected chi connectivity index (χ3v) is 3.75. The zero-order chi connectivity index (χ0) is 14.3. The van der Waals surface area contributed by atoms with Crippen LogP contribution in [0.2, 0.25) is 0 Å². The molecule has 0 saturated heterocycles. The first-order valence-corrected chi connectivity index (χ1v) is 6.91.